The number of aliphatic hydroxyl groups excluding tert-OH is 1. The van der Waals surface area contributed by atoms with E-state index in [0.29, 0.717) is 18.7 Å². The Morgan fingerprint density at radius 1 is 1.07 bits per heavy atom. The SMILES string of the molecule is CCS(=O)(=O)N1CCCCN2[C@@H](CO)[C@@H](c3ccc(-c4ccccc4F)cc3)[C@@H]2C1. The topological polar surface area (TPSA) is 60.9 Å². The van der Waals surface area contributed by atoms with E-state index in [-0.39, 0.29) is 36.2 Å². The zero-order valence-corrected chi connectivity index (χ0v) is 18.1. The van der Waals surface area contributed by atoms with Crippen molar-refractivity contribution in [3.8, 4) is 11.1 Å². The Bertz CT molecular complexity index is 980. The highest BCUT2D eigenvalue weighted by Gasteiger charge is 2.50. The highest BCUT2D eigenvalue weighted by Crippen LogP contribution is 2.42. The number of benzene rings is 2. The zero-order chi connectivity index (χ0) is 21.3. The lowest BCUT2D eigenvalue weighted by molar-refractivity contribution is -0.0553. The molecule has 2 aromatic carbocycles. The molecular formula is C23H29FN2O3S. The Labute approximate surface area is 178 Å². The van der Waals surface area contributed by atoms with Crippen LogP contribution < -0.4 is 0 Å². The molecule has 5 nitrogen and oxygen atoms in total. The van der Waals surface area contributed by atoms with E-state index in [1.54, 1.807) is 23.4 Å². The van der Waals surface area contributed by atoms with Gasteiger partial charge in [-0.25, -0.2) is 17.1 Å². The summed E-state index contributed by atoms with van der Waals surface area (Å²) in [7, 11) is -3.26. The van der Waals surface area contributed by atoms with Crippen molar-refractivity contribution in [1.29, 1.82) is 0 Å². The van der Waals surface area contributed by atoms with Crippen LogP contribution in [0.4, 0.5) is 4.39 Å². The molecule has 2 aliphatic rings. The fourth-order valence-corrected chi connectivity index (χ4v) is 6.08. The normalized spacial score (nSPS) is 25.8. The fraction of sp³-hybridized carbons (Fsp3) is 0.478. The van der Waals surface area contributed by atoms with Gasteiger partial charge in [-0.1, -0.05) is 42.5 Å². The van der Waals surface area contributed by atoms with E-state index in [4.69, 9.17) is 0 Å². The number of nitrogens with zero attached hydrogens (tertiary/aromatic N) is 2. The second kappa shape index (κ2) is 8.75. The molecule has 2 aliphatic heterocycles. The van der Waals surface area contributed by atoms with Gasteiger partial charge in [-0.15, -0.1) is 0 Å². The molecule has 2 fully saturated rings. The molecule has 1 N–H and O–H groups in total. The van der Waals surface area contributed by atoms with Crippen LogP contribution in [-0.4, -0.2) is 66.8 Å². The van der Waals surface area contributed by atoms with Gasteiger partial charge in [0.05, 0.1) is 12.4 Å². The Kier molecular flexibility index (Phi) is 6.25. The van der Waals surface area contributed by atoms with Crippen LogP contribution in [0.15, 0.2) is 48.5 Å². The van der Waals surface area contributed by atoms with E-state index in [2.05, 4.69) is 4.90 Å². The third kappa shape index (κ3) is 3.91. The first-order valence-electron chi connectivity index (χ1n) is 10.7. The van der Waals surface area contributed by atoms with Crippen LogP contribution in [0.1, 0.15) is 31.2 Å². The van der Waals surface area contributed by atoms with Crippen LogP contribution in [0.25, 0.3) is 11.1 Å². The largest absolute Gasteiger partial charge is 0.395 e. The number of rotatable bonds is 5. The zero-order valence-electron chi connectivity index (χ0n) is 17.2. The van der Waals surface area contributed by atoms with E-state index < -0.39 is 10.0 Å². The third-order valence-electron chi connectivity index (χ3n) is 6.57. The number of hydrogen-bond donors (Lipinski definition) is 1. The summed E-state index contributed by atoms with van der Waals surface area (Å²) < 4.78 is 40.8. The van der Waals surface area contributed by atoms with Crippen molar-refractivity contribution >= 4 is 10.0 Å². The Balaban J connectivity index is 1.61. The van der Waals surface area contributed by atoms with Gasteiger partial charge in [-0.05, 0) is 43.5 Å². The summed E-state index contributed by atoms with van der Waals surface area (Å²) in [5, 5.41) is 10.0. The summed E-state index contributed by atoms with van der Waals surface area (Å²) in [6.45, 7) is 3.61. The standard InChI is InChI=1S/C23H29FN2O3S/c1-2-30(28,29)25-13-5-6-14-26-21(15-25)23(22(26)16-27)18-11-9-17(10-12-18)19-7-3-4-8-20(19)24/h3-4,7-12,21-23,27H,2,5-6,13-16H2,1H3/t21-,22-,23-/m0/s1. The minimum Gasteiger partial charge on any atom is -0.395 e. The van der Waals surface area contributed by atoms with E-state index in [9.17, 15) is 17.9 Å². The molecule has 3 atom stereocenters. The maximum Gasteiger partial charge on any atom is 0.213 e. The number of fused-ring (bicyclic) bond motifs is 1. The van der Waals surface area contributed by atoms with Gasteiger partial charge in [0.2, 0.25) is 10.0 Å². The average Bonchev–Trinajstić information content (AvgIpc) is 2.73. The molecule has 7 heteroatoms. The van der Waals surface area contributed by atoms with E-state index in [1.165, 1.54) is 6.07 Å². The molecule has 0 unspecified atom stereocenters. The van der Waals surface area contributed by atoms with Gasteiger partial charge in [-0.2, -0.15) is 0 Å². The highest BCUT2D eigenvalue weighted by molar-refractivity contribution is 7.89. The van der Waals surface area contributed by atoms with Crippen molar-refractivity contribution in [1.82, 2.24) is 9.21 Å². The molecule has 162 valence electrons. The monoisotopic (exact) mass is 432 g/mol. The van der Waals surface area contributed by atoms with Gasteiger partial charge in [0.1, 0.15) is 5.82 Å². The van der Waals surface area contributed by atoms with Gasteiger partial charge >= 0.3 is 0 Å². The van der Waals surface area contributed by atoms with Crippen LogP contribution in [0, 0.1) is 5.82 Å². The Morgan fingerprint density at radius 3 is 2.43 bits per heavy atom. The van der Waals surface area contributed by atoms with Crippen LogP contribution in [0.2, 0.25) is 0 Å². The molecule has 0 aliphatic carbocycles. The lowest BCUT2D eigenvalue weighted by Gasteiger charge is -2.57. The van der Waals surface area contributed by atoms with E-state index in [0.717, 1.165) is 30.5 Å². The second-order valence-electron chi connectivity index (χ2n) is 8.15. The lowest BCUT2D eigenvalue weighted by atomic mass is 9.74. The van der Waals surface area contributed by atoms with Gasteiger partial charge in [0.25, 0.3) is 0 Å². The first kappa shape index (κ1) is 21.4. The lowest BCUT2D eigenvalue weighted by Crippen LogP contribution is -2.67. The molecule has 0 aromatic heterocycles. The van der Waals surface area contributed by atoms with Crippen LogP contribution in [0.3, 0.4) is 0 Å². The van der Waals surface area contributed by atoms with Gasteiger partial charge in [0, 0.05) is 36.7 Å². The minimum atomic E-state index is -3.26. The van der Waals surface area contributed by atoms with E-state index >= 15 is 0 Å². The molecule has 0 radical (unpaired) electrons. The Morgan fingerprint density at radius 2 is 1.77 bits per heavy atom. The van der Waals surface area contributed by atoms with Gasteiger partial charge in [0.15, 0.2) is 0 Å². The van der Waals surface area contributed by atoms with Gasteiger partial charge in [-0.3, -0.25) is 4.90 Å². The van der Waals surface area contributed by atoms with Crippen LogP contribution >= 0.6 is 0 Å². The van der Waals surface area contributed by atoms with Crippen molar-refractivity contribution in [2.75, 3.05) is 32.0 Å². The first-order chi connectivity index (χ1) is 14.5. The second-order valence-corrected chi connectivity index (χ2v) is 10.4. The molecule has 4 rings (SSSR count). The van der Waals surface area contributed by atoms with Crippen molar-refractivity contribution in [3.05, 3.63) is 59.9 Å². The molecule has 0 amide bonds. The smallest absolute Gasteiger partial charge is 0.213 e. The van der Waals surface area contributed by atoms with Gasteiger partial charge < -0.3 is 5.11 Å². The predicted octanol–water partition coefficient (Wildman–Crippen LogP) is 3.07. The molecule has 2 heterocycles. The molecule has 0 spiro atoms. The van der Waals surface area contributed by atoms with Crippen LogP contribution in [-0.2, 0) is 10.0 Å². The first-order valence-corrected chi connectivity index (χ1v) is 12.3. The average molecular weight is 433 g/mol. The molecule has 0 saturated carbocycles. The van der Waals surface area contributed by atoms with Crippen LogP contribution in [0.5, 0.6) is 0 Å². The maximum atomic E-state index is 14.1. The van der Waals surface area contributed by atoms with Crippen molar-refractivity contribution in [3.63, 3.8) is 0 Å². The molecule has 2 saturated heterocycles. The summed E-state index contributed by atoms with van der Waals surface area (Å²) in [6.07, 6.45) is 1.75. The quantitative estimate of drug-likeness (QED) is 0.789. The number of halogens is 1. The number of aliphatic hydroxyl groups is 1. The maximum absolute atomic E-state index is 14.1. The molecule has 0 bridgehead atoms. The summed E-state index contributed by atoms with van der Waals surface area (Å²) >= 11 is 0. The summed E-state index contributed by atoms with van der Waals surface area (Å²) in [5.41, 5.74) is 2.43. The Hall–Kier alpha value is -1.80. The number of sulfonamides is 1. The van der Waals surface area contributed by atoms with Crippen molar-refractivity contribution in [2.24, 2.45) is 0 Å². The summed E-state index contributed by atoms with van der Waals surface area (Å²) in [4.78, 5) is 2.26. The fourth-order valence-electron chi connectivity index (χ4n) is 4.92. The van der Waals surface area contributed by atoms with E-state index in [1.807, 2.05) is 30.3 Å². The minimum absolute atomic E-state index is 0.0152. The number of hydrogen-bond acceptors (Lipinski definition) is 4. The third-order valence-corrected chi connectivity index (χ3v) is 8.42. The van der Waals surface area contributed by atoms with Crippen molar-refractivity contribution in [2.45, 2.75) is 37.8 Å². The highest BCUT2D eigenvalue weighted by atomic mass is 32.2. The van der Waals surface area contributed by atoms with Crippen molar-refractivity contribution < 1.29 is 17.9 Å². The summed E-state index contributed by atoms with van der Waals surface area (Å²) in [5.74, 6) is -0.100. The summed E-state index contributed by atoms with van der Waals surface area (Å²) in [6, 6.07) is 14.5. The molecule has 2 aromatic rings. The predicted molar refractivity (Wildman–Crippen MR) is 116 cm³/mol. The molecular weight excluding hydrogens is 403 g/mol. The molecule has 30 heavy (non-hydrogen) atoms.